The van der Waals surface area contributed by atoms with E-state index in [4.69, 9.17) is 21.6 Å². The van der Waals surface area contributed by atoms with Crippen LogP contribution in [0.1, 0.15) is 28.6 Å². The highest BCUT2D eigenvalue weighted by molar-refractivity contribution is 6.29. The summed E-state index contributed by atoms with van der Waals surface area (Å²) in [7, 11) is 1.51. The zero-order valence-corrected chi connectivity index (χ0v) is 17.0. The molecule has 1 N–H and O–H groups in total. The Morgan fingerprint density at radius 2 is 2.17 bits per heavy atom. The van der Waals surface area contributed by atoms with Crippen molar-refractivity contribution in [2.24, 2.45) is 0 Å². The number of halogens is 1. The lowest BCUT2D eigenvalue weighted by Crippen LogP contribution is -2.46. The zero-order chi connectivity index (χ0) is 21.7. The summed E-state index contributed by atoms with van der Waals surface area (Å²) in [5.41, 5.74) is 1.71. The second kappa shape index (κ2) is 9.43. The van der Waals surface area contributed by atoms with Gasteiger partial charge in [0, 0.05) is 13.6 Å². The number of morpholine rings is 1. The molecular weight excluding hydrogens is 408 g/mol. The molecule has 2 aromatic heterocycles. The summed E-state index contributed by atoms with van der Waals surface area (Å²) in [6.45, 7) is 4.11. The standard InChI is InChI=1S/C20H19ClN6O3/c1-3-19(28)27-9-13(4-5-22)30-17(10-27)12-6-15(26-18(21)7-12)14-8-16(20(29)23-2)25-11-24-14/h3,6-8,11,13,17H,1,4,9-10H2,2H3,(H,23,29)/t13-,17+/m1/s1. The highest BCUT2D eigenvalue weighted by Gasteiger charge is 2.31. The van der Waals surface area contributed by atoms with E-state index >= 15 is 0 Å². The van der Waals surface area contributed by atoms with Gasteiger partial charge in [0.2, 0.25) is 5.91 Å². The first-order valence-electron chi connectivity index (χ1n) is 9.11. The summed E-state index contributed by atoms with van der Waals surface area (Å²) in [6, 6.07) is 6.96. The van der Waals surface area contributed by atoms with Crippen molar-refractivity contribution in [1.82, 2.24) is 25.2 Å². The van der Waals surface area contributed by atoms with E-state index in [-0.39, 0.29) is 35.6 Å². The van der Waals surface area contributed by atoms with Crippen molar-refractivity contribution in [3.8, 4) is 17.5 Å². The van der Waals surface area contributed by atoms with Crippen LogP contribution in [0.3, 0.4) is 0 Å². The molecule has 0 radical (unpaired) electrons. The van der Waals surface area contributed by atoms with Crippen LogP contribution in [-0.4, -0.2) is 57.9 Å². The van der Waals surface area contributed by atoms with Gasteiger partial charge in [0.1, 0.15) is 23.3 Å². The van der Waals surface area contributed by atoms with Crippen LogP contribution >= 0.6 is 11.6 Å². The number of aromatic nitrogens is 3. The van der Waals surface area contributed by atoms with Crippen LogP contribution < -0.4 is 5.32 Å². The van der Waals surface area contributed by atoms with Crippen LogP contribution in [0, 0.1) is 11.3 Å². The third-order valence-corrected chi connectivity index (χ3v) is 4.74. The molecule has 3 heterocycles. The maximum absolute atomic E-state index is 12.2. The minimum atomic E-state index is -0.513. The van der Waals surface area contributed by atoms with Crippen molar-refractivity contribution in [2.75, 3.05) is 20.1 Å². The Bertz CT molecular complexity index is 1020. The minimum Gasteiger partial charge on any atom is -0.366 e. The molecule has 30 heavy (non-hydrogen) atoms. The van der Waals surface area contributed by atoms with E-state index in [1.165, 1.54) is 25.5 Å². The number of ether oxygens (including phenoxy) is 1. The summed E-state index contributed by atoms with van der Waals surface area (Å²) in [4.78, 5) is 38.0. The Morgan fingerprint density at radius 3 is 2.87 bits per heavy atom. The Labute approximate surface area is 178 Å². The number of amides is 2. The first kappa shape index (κ1) is 21.4. The normalized spacial score (nSPS) is 18.4. The molecule has 3 rings (SSSR count). The van der Waals surface area contributed by atoms with Gasteiger partial charge in [0.15, 0.2) is 0 Å². The van der Waals surface area contributed by atoms with Gasteiger partial charge in [-0.05, 0) is 29.8 Å². The molecule has 10 heteroatoms. The van der Waals surface area contributed by atoms with E-state index in [2.05, 4.69) is 32.9 Å². The molecule has 0 saturated carbocycles. The van der Waals surface area contributed by atoms with Crippen LogP contribution in [0.25, 0.3) is 11.4 Å². The van der Waals surface area contributed by atoms with Gasteiger partial charge in [-0.2, -0.15) is 5.26 Å². The smallest absolute Gasteiger partial charge is 0.269 e. The quantitative estimate of drug-likeness (QED) is 0.572. The number of nitrogens with one attached hydrogen (secondary N) is 1. The van der Waals surface area contributed by atoms with Crippen LogP contribution in [0.4, 0.5) is 0 Å². The third-order valence-electron chi connectivity index (χ3n) is 4.55. The third kappa shape index (κ3) is 4.79. The van der Waals surface area contributed by atoms with Crippen molar-refractivity contribution in [2.45, 2.75) is 18.6 Å². The van der Waals surface area contributed by atoms with Gasteiger partial charge in [0.05, 0.1) is 36.5 Å². The topological polar surface area (TPSA) is 121 Å². The van der Waals surface area contributed by atoms with E-state index in [0.29, 0.717) is 23.5 Å². The number of pyridine rings is 1. The largest absolute Gasteiger partial charge is 0.366 e. The molecule has 2 atom stereocenters. The average molecular weight is 427 g/mol. The molecule has 1 fully saturated rings. The fourth-order valence-electron chi connectivity index (χ4n) is 3.13. The number of rotatable bonds is 5. The van der Waals surface area contributed by atoms with Crippen LogP contribution in [-0.2, 0) is 9.53 Å². The number of nitriles is 1. The van der Waals surface area contributed by atoms with Crippen molar-refractivity contribution in [1.29, 1.82) is 5.26 Å². The van der Waals surface area contributed by atoms with E-state index in [0.717, 1.165) is 0 Å². The average Bonchev–Trinajstić information content (AvgIpc) is 2.77. The molecule has 154 valence electrons. The van der Waals surface area contributed by atoms with Crippen LogP contribution in [0.5, 0.6) is 0 Å². The van der Waals surface area contributed by atoms with Gasteiger partial charge in [-0.3, -0.25) is 9.59 Å². The number of nitrogens with zero attached hydrogens (tertiary/aromatic N) is 5. The molecule has 0 bridgehead atoms. The SMILES string of the molecule is C=CC(=O)N1C[C@@H](CC#N)O[C@H](c2cc(Cl)nc(-c3cc(C(=O)NC)ncn3)c2)C1. The van der Waals surface area contributed by atoms with Crippen molar-refractivity contribution < 1.29 is 14.3 Å². The lowest BCUT2D eigenvalue weighted by molar-refractivity contribution is -0.140. The number of carbonyl (C=O) groups excluding carboxylic acids is 2. The van der Waals surface area contributed by atoms with Crippen LogP contribution in [0.15, 0.2) is 37.2 Å². The molecule has 1 saturated heterocycles. The van der Waals surface area contributed by atoms with E-state index in [1.807, 2.05) is 0 Å². The van der Waals surface area contributed by atoms with Gasteiger partial charge in [0.25, 0.3) is 5.91 Å². The van der Waals surface area contributed by atoms with Gasteiger partial charge < -0.3 is 15.0 Å². The van der Waals surface area contributed by atoms with Gasteiger partial charge >= 0.3 is 0 Å². The molecule has 9 nitrogen and oxygen atoms in total. The van der Waals surface area contributed by atoms with E-state index in [9.17, 15) is 9.59 Å². The fraction of sp³-hybridized carbons (Fsp3) is 0.300. The fourth-order valence-corrected chi connectivity index (χ4v) is 3.35. The second-order valence-corrected chi connectivity index (χ2v) is 6.92. The first-order valence-corrected chi connectivity index (χ1v) is 9.48. The summed E-state index contributed by atoms with van der Waals surface area (Å²) in [5.74, 6) is -0.591. The van der Waals surface area contributed by atoms with E-state index in [1.54, 1.807) is 17.0 Å². The van der Waals surface area contributed by atoms with Gasteiger partial charge in [-0.1, -0.05) is 18.2 Å². The molecule has 1 aliphatic heterocycles. The lowest BCUT2D eigenvalue weighted by Gasteiger charge is -2.37. The van der Waals surface area contributed by atoms with Gasteiger partial charge in [-0.25, -0.2) is 15.0 Å². The maximum atomic E-state index is 12.2. The summed E-state index contributed by atoms with van der Waals surface area (Å²) >= 11 is 6.23. The number of carbonyl (C=O) groups is 2. The highest BCUT2D eigenvalue weighted by Crippen LogP contribution is 2.30. The highest BCUT2D eigenvalue weighted by atomic mass is 35.5. The molecule has 0 spiro atoms. The van der Waals surface area contributed by atoms with Crippen LogP contribution in [0.2, 0.25) is 5.15 Å². The molecule has 2 aromatic rings. The Hall–Kier alpha value is -3.35. The first-order chi connectivity index (χ1) is 14.4. The maximum Gasteiger partial charge on any atom is 0.269 e. The monoisotopic (exact) mass is 426 g/mol. The van der Waals surface area contributed by atoms with Crippen molar-refractivity contribution in [3.05, 3.63) is 53.6 Å². The van der Waals surface area contributed by atoms with Gasteiger partial charge in [-0.15, -0.1) is 0 Å². The molecule has 0 aromatic carbocycles. The lowest BCUT2D eigenvalue weighted by atomic mass is 10.0. The summed E-state index contributed by atoms with van der Waals surface area (Å²) in [5, 5.41) is 11.8. The Kier molecular flexibility index (Phi) is 6.72. The van der Waals surface area contributed by atoms with E-state index < -0.39 is 12.2 Å². The Morgan fingerprint density at radius 1 is 1.37 bits per heavy atom. The summed E-state index contributed by atoms with van der Waals surface area (Å²) in [6.07, 6.45) is 1.70. The molecule has 1 aliphatic rings. The Balaban J connectivity index is 1.96. The molecular formula is C20H19ClN6O3. The van der Waals surface area contributed by atoms with Crippen molar-refractivity contribution in [3.63, 3.8) is 0 Å². The molecule has 0 unspecified atom stereocenters. The summed E-state index contributed by atoms with van der Waals surface area (Å²) < 4.78 is 6.03. The molecule has 2 amide bonds. The second-order valence-electron chi connectivity index (χ2n) is 6.53. The predicted octanol–water partition coefficient (Wildman–Crippen LogP) is 1.92. The number of hydrogen-bond acceptors (Lipinski definition) is 7. The predicted molar refractivity (Wildman–Crippen MR) is 108 cm³/mol. The number of hydrogen-bond donors (Lipinski definition) is 1. The van der Waals surface area contributed by atoms with Crippen molar-refractivity contribution >= 4 is 23.4 Å². The molecule has 0 aliphatic carbocycles. The minimum absolute atomic E-state index is 0.143. The zero-order valence-electron chi connectivity index (χ0n) is 16.2.